The van der Waals surface area contributed by atoms with E-state index in [0.717, 1.165) is 25.7 Å². The Labute approximate surface area is 153 Å². The highest BCUT2D eigenvalue weighted by molar-refractivity contribution is 5.90. The average molecular weight is 355 g/mol. The zero-order chi connectivity index (χ0) is 17.8. The van der Waals surface area contributed by atoms with Crippen molar-refractivity contribution >= 4 is 5.91 Å². The topological polar surface area (TPSA) is 85.0 Å². The molecule has 0 atom stereocenters. The minimum Gasteiger partial charge on any atom is -0.328 e. The maximum Gasteiger partial charge on any atom is 0.316 e. The van der Waals surface area contributed by atoms with E-state index in [1.54, 1.807) is 18.6 Å². The SMILES string of the molecule is O=C(c1nc(-c2cnccn2)no1)N(C1CCCCC1)C1CCCCC1. The van der Waals surface area contributed by atoms with Crippen molar-refractivity contribution < 1.29 is 9.32 Å². The van der Waals surface area contributed by atoms with Gasteiger partial charge in [0.05, 0.1) is 6.20 Å². The molecule has 0 unspecified atom stereocenters. The van der Waals surface area contributed by atoms with Gasteiger partial charge in [0.1, 0.15) is 5.69 Å². The molecule has 0 saturated heterocycles. The van der Waals surface area contributed by atoms with E-state index in [9.17, 15) is 4.79 Å². The Bertz CT molecular complexity index is 703. The molecule has 0 radical (unpaired) electrons. The first-order chi connectivity index (χ1) is 12.8. The van der Waals surface area contributed by atoms with Crippen LogP contribution in [0.25, 0.3) is 11.5 Å². The Morgan fingerprint density at radius 2 is 1.62 bits per heavy atom. The van der Waals surface area contributed by atoms with Gasteiger partial charge in [-0.3, -0.25) is 9.78 Å². The number of carbonyl (C=O) groups excluding carboxylic acids is 1. The van der Waals surface area contributed by atoms with Crippen molar-refractivity contribution in [3.8, 4) is 11.5 Å². The second-order valence-electron chi connectivity index (χ2n) is 7.31. The van der Waals surface area contributed by atoms with Gasteiger partial charge in [0, 0.05) is 24.5 Å². The van der Waals surface area contributed by atoms with Gasteiger partial charge in [-0.15, -0.1) is 0 Å². The Balaban J connectivity index is 1.58. The standard InChI is InChI=1S/C19H25N5O2/c25-19(18-22-17(23-26-18)16-13-20-11-12-21-16)24(14-7-3-1-4-8-14)15-9-5-2-6-10-15/h11-15H,1-10H2. The van der Waals surface area contributed by atoms with Crippen molar-refractivity contribution in [1.82, 2.24) is 25.0 Å². The molecule has 2 heterocycles. The second-order valence-corrected chi connectivity index (χ2v) is 7.31. The number of hydrogen-bond acceptors (Lipinski definition) is 6. The molecule has 0 bridgehead atoms. The monoisotopic (exact) mass is 355 g/mol. The number of amides is 1. The lowest BCUT2D eigenvalue weighted by Crippen LogP contribution is -2.48. The molecule has 7 nitrogen and oxygen atoms in total. The maximum absolute atomic E-state index is 13.3. The number of rotatable bonds is 4. The van der Waals surface area contributed by atoms with Gasteiger partial charge in [-0.05, 0) is 25.7 Å². The molecule has 0 aliphatic heterocycles. The fraction of sp³-hybridized carbons (Fsp3) is 0.632. The molecular formula is C19H25N5O2. The summed E-state index contributed by atoms with van der Waals surface area (Å²) in [6.45, 7) is 0. The van der Waals surface area contributed by atoms with Crippen LogP contribution in [0.2, 0.25) is 0 Å². The largest absolute Gasteiger partial charge is 0.328 e. The Morgan fingerprint density at radius 3 is 2.19 bits per heavy atom. The lowest BCUT2D eigenvalue weighted by molar-refractivity contribution is 0.0401. The number of hydrogen-bond donors (Lipinski definition) is 0. The summed E-state index contributed by atoms with van der Waals surface area (Å²) in [6, 6.07) is 0.595. The summed E-state index contributed by atoms with van der Waals surface area (Å²) in [4.78, 5) is 27.9. The number of carbonyl (C=O) groups is 1. The van der Waals surface area contributed by atoms with Crippen molar-refractivity contribution in [1.29, 1.82) is 0 Å². The zero-order valence-corrected chi connectivity index (χ0v) is 15.0. The molecule has 2 fully saturated rings. The normalized spacial score (nSPS) is 19.4. The zero-order valence-electron chi connectivity index (χ0n) is 15.0. The molecule has 0 N–H and O–H groups in total. The quantitative estimate of drug-likeness (QED) is 0.832. The van der Waals surface area contributed by atoms with Gasteiger partial charge >= 0.3 is 11.8 Å². The fourth-order valence-electron chi connectivity index (χ4n) is 4.29. The summed E-state index contributed by atoms with van der Waals surface area (Å²) in [5, 5.41) is 3.94. The Kier molecular flexibility index (Phi) is 5.22. The van der Waals surface area contributed by atoms with Gasteiger partial charge in [-0.2, -0.15) is 4.98 Å². The van der Waals surface area contributed by atoms with Gasteiger partial charge in [0.15, 0.2) is 0 Å². The number of nitrogens with zero attached hydrogens (tertiary/aromatic N) is 5. The van der Waals surface area contributed by atoms with Crippen LogP contribution in [0.5, 0.6) is 0 Å². The highest BCUT2D eigenvalue weighted by Crippen LogP contribution is 2.31. The molecule has 138 valence electrons. The van der Waals surface area contributed by atoms with Crippen LogP contribution in [0.4, 0.5) is 0 Å². The summed E-state index contributed by atoms with van der Waals surface area (Å²) in [5.74, 6) is 0.266. The van der Waals surface area contributed by atoms with Crippen LogP contribution < -0.4 is 0 Å². The summed E-state index contributed by atoms with van der Waals surface area (Å²) in [5.41, 5.74) is 0.511. The molecule has 26 heavy (non-hydrogen) atoms. The molecule has 0 spiro atoms. The molecule has 2 aromatic rings. The van der Waals surface area contributed by atoms with Gasteiger partial charge in [0.25, 0.3) is 0 Å². The van der Waals surface area contributed by atoms with Crippen LogP contribution in [0.1, 0.15) is 74.9 Å². The Hall–Kier alpha value is -2.31. The predicted molar refractivity (Wildman–Crippen MR) is 95.2 cm³/mol. The van der Waals surface area contributed by atoms with Crippen LogP contribution >= 0.6 is 0 Å². The van der Waals surface area contributed by atoms with Crippen LogP contribution in [0.15, 0.2) is 23.1 Å². The molecule has 4 rings (SSSR count). The van der Waals surface area contributed by atoms with Crippen LogP contribution in [0.3, 0.4) is 0 Å². The van der Waals surface area contributed by atoms with Crippen molar-refractivity contribution in [2.45, 2.75) is 76.3 Å². The first kappa shape index (κ1) is 17.1. The van der Waals surface area contributed by atoms with Crippen LogP contribution in [0, 0.1) is 0 Å². The average Bonchev–Trinajstić information content (AvgIpc) is 3.21. The van der Waals surface area contributed by atoms with Gasteiger partial charge in [-0.25, -0.2) is 4.98 Å². The third-order valence-electron chi connectivity index (χ3n) is 5.57. The van der Waals surface area contributed by atoms with E-state index in [4.69, 9.17) is 4.52 Å². The molecule has 2 aliphatic rings. The fourth-order valence-corrected chi connectivity index (χ4v) is 4.29. The summed E-state index contributed by atoms with van der Waals surface area (Å²) in [6.07, 6.45) is 16.3. The molecule has 2 aliphatic carbocycles. The van der Waals surface area contributed by atoms with E-state index >= 15 is 0 Å². The summed E-state index contributed by atoms with van der Waals surface area (Å²) < 4.78 is 5.32. The van der Waals surface area contributed by atoms with Gasteiger partial charge in [0.2, 0.25) is 5.82 Å². The van der Waals surface area contributed by atoms with Crippen molar-refractivity contribution in [2.24, 2.45) is 0 Å². The van der Waals surface area contributed by atoms with Crippen LogP contribution in [-0.2, 0) is 0 Å². The van der Waals surface area contributed by atoms with E-state index in [1.807, 2.05) is 0 Å². The minimum atomic E-state index is -0.119. The first-order valence-corrected chi connectivity index (χ1v) is 9.75. The first-order valence-electron chi connectivity index (χ1n) is 9.75. The smallest absolute Gasteiger partial charge is 0.316 e. The highest BCUT2D eigenvalue weighted by Gasteiger charge is 2.35. The summed E-state index contributed by atoms with van der Waals surface area (Å²) in [7, 11) is 0. The third kappa shape index (κ3) is 3.61. The van der Waals surface area contributed by atoms with Gasteiger partial charge in [-0.1, -0.05) is 43.7 Å². The summed E-state index contributed by atoms with van der Waals surface area (Å²) >= 11 is 0. The minimum absolute atomic E-state index is 0.0711. The van der Waals surface area contributed by atoms with Crippen molar-refractivity contribution in [3.63, 3.8) is 0 Å². The molecule has 7 heteroatoms. The molecule has 2 saturated carbocycles. The lowest BCUT2D eigenvalue weighted by Gasteiger charge is -2.40. The van der Waals surface area contributed by atoms with E-state index in [-0.39, 0.29) is 11.8 Å². The van der Waals surface area contributed by atoms with Crippen molar-refractivity contribution in [3.05, 3.63) is 24.5 Å². The van der Waals surface area contributed by atoms with E-state index < -0.39 is 0 Å². The molecule has 2 aromatic heterocycles. The lowest BCUT2D eigenvalue weighted by atomic mass is 9.88. The number of aromatic nitrogens is 4. The van der Waals surface area contributed by atoms with Crippen molar-refractivity contribution in [2.75, 3.05) is 0 Å². The second kappa shape index (κ2) is 7.93. The van der Waals surface area contributed by atoms with E-state index in [0.29, 0.717) is 23.6 Å². The molecular weight excluding hydrogens is 330 g/mol. The molecule has 1 amide bonds. The maximum atomic E-state index is 13.3. The van der Waals surface area contributed by atoms with Crippen LogP contribution in [-0.4, -0.2) is 43.0 Å². The third-order valence-corrected chi connectivity index (χ3v) is 5.57. The van der Waals surface area contributed by atoms with E-state index in [2.05, 4.69) is 25.0 Å². The molecule has 0 aromatic carbocycles. The predicted octanol–water partition coefficient (Wildman–Crippen LogP) is 3.63. The highest BCUT2D eigenvalue weighted by atomic mass is 16.5. The van der Waals surface area contributed by atoms with Gasteiger partial charge < -0.3 is 9.42 Å². The Morgan fingerprint density at radius 1 is 0.962 bits per heavy atom. The van der Waals surface area contributed by atoms with E-state index in [1.165, 1.54) is 38.5 Å².